The molecule has 0 amide bonds. The Balaban J connectivity index is 2.12. The molecule has 1 aromatic rings. The molecular formula is C23H33NO5Si. The van der Waals surface area contributed by atoms with Crippen molar-refractivity contribution in [2.24, 2.45) is 11.3 Å². The lowest BCUT2D eigenvalue weighted by molar-refractivity contribution is -0.614. The number of nitro groups is 1. The maximum absolute atomic E-state index is 12.9. The van der Waals surface area contributed by atoms with E-state index in [1.54, 1.807) is 0 Å². The average Bonchev–Trinajstić information content (AvgIpc) is 2.65. The average molecular weight is 432 g/mol. The summed E-state index contributed by atoms with van der Waals surface area (Å²) in [5.74, 6) is -0.560. The molecule has 6 nitrogen and oxygen atoms in total. The van der Waals surface area contributed by atoms with Crippen molar-refractivity contribution in [2.75, 3.05) is 19.8 Å². The third-order valence-electron chi connectivity index (χ3n) is 7.56. The highest BCUT2D eigenvalue weighted by Crippen LogP contribution is 2.56. The molecule has 0 saturated carbocycles. The van der Waals surface area contributed by atoms with Crippen molar-refractivity contribution in [3.63, 3.8) is 0 Å². The van der Waals surface area contributed by atoms with Gasteiger partial charge in [0.2, 0.25) is 0 Å². The fraction of sp³-hybridized carbons (Fsp3) is 0.609. The van der Waals surface area contributed by atoms with Gasteiger partial charge < -0.3 is 14.0 Å². The molecule has 0 unspecified atom stereocenters. The molecule has 1 aliphatic carbocycles. The van der Waals surface area contributed by atoms with Gasteiger partial charge in [-0.25, -0.2) is 0 Å². The molecule has 0 aromatic heterocycles. The Kier molecular flexibility index (Phi) is 6.10. The lowest BCUT2D eigenvalue weighted by atomic mass is 9.54. The van der Waals surface area contributed by atoms with Crippen LogP contribution < -0.4 is 0 Å². The molecule has 30 heavy (non-hydrogen) atoms. The van der Waals surface area contributed by atoms with E-state index >= 15 is 0 Å². The topological polar surface area (TPSA) is 78.7 Å². The van der Waals surface area contributed by atoms with Gasteiger partial charge in [0.25, 0.3) is 5.54 Å². The van der Waals surface area contributed by atoms with Crippen LogP contribution in [0.3, 0.4) is 0 Å². The van der Waals surface area contributed by atoms with Gasteiger partial charge >= 0.3 is 0 Å². The number of ether oxygens (including phenoxy) is 1. The first-order chi connectivity index (χ1) is 14.0. The fourth-order valence-electron chi connectivity index (χ4n) is 4.47. The second-order valence-corrected chi connectivity index (χ2v) is 15.0. The summed E-state index contributed by atoms with van der Waals surface area (Å²) >= 11 is 0. The number of hydrogen-bond donors (Lipinski definition) is 0. The van der Waals surface area contributed by atoms with Gasteiger partial charge in [0, 0.05) is 11.3 Å². The second-order valence-electron chi connectivity index (χ2n) is 10.2. The molecule has 164 valence electrons. The van der Waals surface area contributed by atoms with Crippen molar-refractivity contribution in [3.05, 3.63) is 52.1 Å². The number of benzene rings is 1. The van der Waals surface area contributed by atoms with Crippen molar-refractivity contribution in [3.8, 4) is 0 Å². The predicted octanol–water partition coefficient (Wildman–Crippen LogP) is 4.73. The Morgan fingerprint density at radius 1 is 1.27 bits per heavy atom. The van der Waals surface area contributed by atoms with Crippen LogP contribution in [0.15, 0.2) is 36.4 Å². The third kappa shape index (κ3) is 3.57. The van der Waals surface area contributed by atoms with Crippen molar-refractivity contribution in [1.29, 1.82) is 0 Å². The van der Waals surface area contributed by atoms with Gasteiger partial charge in [-0.05, 0) is 35.7 Å². The van der Waals surface area contributed by atoms with Crippen molar-refractivity contribution in [2.45, 2.75) is 57.3 Å². The summed E-state index contributed by atoms with van der Waals surface area (Å²) in [6.45, 7) is 11.2. The predicted molar refractivity (Wildman–Crippen MR) is 119 cm³/mol. The zero-order valence-corrected chi connectivity index (χ0v) is 19.6. The minimum absolute atomic E-state index is 0.00251. The Hall–Kier alpha value is -1.83. The molecule has 1 saturated heterocycles. The number of nitrogens with zero attached hydrogens (tertiary/aromatic N) is 1. The van der Waals surface area contributed by atoms with E-state index in [2.05, 4.69) is 39.9 Å². The third-order valence-corrected chi connectivity index (χ3v) is 12.0. The summed E-state index contributed by atoms with van der Waals surface area (Å²) in [6, 6.07) is 9.68. The van der Waals surface area contributed by atoms with Crippen LogP contribution in [-0.2, 0) is 14.0 Å². The maximum Gasteiger partial charge on any atom is 0.261 e. The number of aldehydes is 1. The Labute approximate surface area is 179 Å². The van der Waals surface area contributed by atoms with Crippen LogP contribution in [0.5, 0.6) is 0 Å². The maximum atomic E-state index is 12.9. The van der Waals surface area contributed by atoms with Gasteiger partial charge in [-0.3, -0.25) is 10.1 Å². The molecular weight excluding hydrogens is 398 g/mol. The van der Waals surface area contributed by atoms with Crippen LogP contribution in [0.2, 0.25) is 18.1 Å². The van der Waals surface area contributed by atoms with Gasteiger partial charge in [0.1, 0.15) is 12.9 Å². The van der Waals surface area contributed by atoms with Crippen molar-refractivity contribution in [1.82, 2.24) is 0 Å². The first kappa shape index (κ1) is 22.8. The molecule has 1 heterocycles. The number of hydrogen-bond acceptors (Lipinski definition) is 5. The normalized spacial score (nSPS) is 26.0. The van der Waals surface area contributed by atoms with Gasteiger partial charge in [-0.2, -0.15) is 0 Å². The fourth-order valence-corrected chi connectivity index (χ4v) is 5.48. The van der Waals surface area contributed by atoms with E-state index in [1.807, 2.05) is 30.3 Å². The Morgan fingerprint density at radius 3 is 2.37 bits per heavy atom. The molecule has 1 aliphatic heterocycles. The number of carbonyl (C=O) groups is 1. The molecule has 0 bridgehead atoms. The van der Waals surface area contributed by atoms with Crippen LogP contribution in [0.1, 0.15) is 39.2 Å². The molecule has 2 aliphatic rings. The summed E-state index contributed by atoms with van der Waals surface area (Å²) in [5, 5.41) is 12.8. The summed E-state index contributed by atoms with van der Waals surface area (Å²) < 4.78 is 12.0. The number of rotatable bonds is 7. The van der Waals surface area contributed by atoms with Crippen LogP contribution in [0, 0.1) is 21.4 Å². The molecule has 2 atom stereocenters. The van der Waals surface area contributed by atoms with Gasteiger partial charge in [-0.1, -0.05) is 57.2 Å². The summed E-state index contributed by atoms with van der Waals surface area (Å²) in [5.41, 5.74) is -0.249. The quantitative estimate of drug-likeness (QED) is 0.270. The van der Waals surface area contributed by atoms with E-state index < -0.39 is 25.2 Å². The monoisotopic (exact) mass is 431 g/mol. The first-order valence-electron chi connectivity index (χ1n) is 10.6. The molecule has 1 spiro atoms. The van der Waals surface area contributed by atoms with Crippen LogP contribution in [-0.4, -0.2) is 44.9 Å². The Bertz CT molecular complexity index is 826. The molecule has 0 radical (unpaired) electrons. The van der Waals surface area contributed by atoms with Gasteiger partial charge in [0.05, 0.1) is 24.5 Å². The minimum atomic E-state index is -2.24. The Morgan fingerprint density at radius 2 is 1.90 bits per heavy atom. The van der Waals surface area contributed by atoms with Gasteiger partial charge in [-0.15, -0.1) is 0 Å². The second kappa shape index (κ2) is 8.02. The first-order valence-corrected chi connectivity index (χ1v) is 13.5. The van der Waals surface area contributed by atoms with E-state index in [0.29, 0.717) is 19.6 Å². The smallest absolute Gasteiger partial charge is 0.261 e. The zero-order valence-electron chi connectivity index (χ0n) is 18.6. The standard InChI is InChI=1S/C23H33NO5Si/c1-21(2,3)30(4,5)29-17-23(24(26)27)20(12-14-25)19(18-9-7-6-8-10-18)11-13-22(23)15-28-16-22/h6-11,14,20H,12-13,15-17H2,1-5H3/t20-,23+/m0/s1. The number of allylic oxidation sites excluding steroid dienone is 1. The van der Waals surface area contributed by atoms with Gasteiger partial charge in [0.15, 0.2) is 8.32 Å². The highest BCUT2D eigenvalue weighted by atomic mass is 28.4. The van der Waals surface area contributed by atoms with E-state index in [-0.39, 0.29) is 23.0 Å². The van der Waals surface area contributed by atoms with Crippen LogP contribution in [0.4, 0.5) is 0 Å². The van der Waals surface area contributed by atoms with Crippen molar-refractivity contribution >= 4 is 20.2 Å². The summed E-state index contributed by atoms with van der Waals surface area (Å²) in [7, 11) is -2.24. The highest BCUT2D eigenvalue weighted by Gasteiger charge is 2.71. The van der Waals surface area contributed by atoms with E-state index in [9.17, 15) is 14.9 Å². The van der Waals surface area contributed by atoms with E-state index in [0.717, 1.165) is 17.4 Å². The molecule has 1 fully saturated rings. The molecule has 0 N–H and O–H groups in total. The zero-order chi connectivity index (χ0) is 22.2. The molecule has 3 rings (SSSR count). The largest absolute Gasteiger partial charge is 0.409 e. The molecule has 1 aromatic carbocycles. The van der Waals surface area contributed by atoms with E-state index in [4.69, 9.17) is 9.16 Å². The van der Waals surface area contributed by atoms with Crippen molar-refractivity contribution < 1.29 is 18.9 Å². The van der Waals surface area contributed by atoms with Crippen LogP contribution in [0.25, 0.3) is 5.57 Å². The summed E-state index contributed by atoms with van der Waals surface area (Å²) in [6.07, 6.45) is 3.53. The molecule has 7 heteroatoms. The minimum Gasteiger partial charge on any atom is -0.409 e. The van der Waals surface area contributed by atoms with E-state index in [1.165, 1.54) is 0 Å². The summed E-state index contributed by atoms with van der Waals surface area (Å²) in [4.78, 5) is 24.4. The lowest BCUT2D eigenvalue weighted by Crippen LogP contribution is -2.71. The van der Waals surface area contributed by atoms with Crippen LogP contribution >= 0.6 is 0 Å². The lowest BCUT2D eigenvalue weighted by Gasteiger charge is -2.55. The SMILES string of the molecule is CC(C)(C)[Si](C)(C)OC[C@@]1([N+](=O)[O-])[C@@H](CC=O)C(c2ccccc2)=CCC12COC2. The highest BCUT2D eigenvalue weighted by molar-refractivity contribution is 6.74. The number of carbonyl (C=O) groups excluding carboxylic acids is 1.